The molecule has 1 saturated heterocycles. The molecule has 4 rings (SSSR count). The van der Waals surface area contributed by atoms with Crippen LogP contribution in [0.1, 0.15) is 10.4 Å². The third-order valence-corrected chi connectivity index (χ3v) is 5.46. The molecule has 0 aliphatic carbocycles. The second-order valence-electron chi connectivity index (χ2n) is 7.01. The molecule has 2 heterocycles. The Morgan fingerprint density at radius 2 is 1.76 bits per heavy atom. The number of fused-ring (bicyclic) bond motifs is 1. The third kappa shape index (κ3) is 4.44. The summed E-state index contributed by atoms with van der Waals surface area (Å²) in [6, 6.07) is 16.5. The largest absolute Gasteiger partial charge is 0.491 e. The van der Waals surface area contributed by atoms with E-state index in [2.05, 4.69) is 9.88 Å². The predicted octanol–water partition coefficient (Wildman–Crippen LogP) is 3.02. The molecule has 3 aromatic rings. The molecule has 0 saturated carbocycles. The highest BCUT2D eigenvalue weighted by Crippen LogP contribution is 2.23. The van der Waals surface area contributed by atoms with Gasteiger partial charge in [-0.3, -0.25) is 14.5 Å². The van der Waals surface area contributed by atoms with Crippen LogP contribution in [0.5, 0.6) is 5.75 Å². The molecule has 0 radical (unpaired) electrons. The first kappa shape index (κ1) is 19.5. The van der Waals surface area contributed by atoms with E-state index in [1.54, 1.807) is 17.0 Å². The van der Waals surface area contributed by atoms with Crippen LogP contribution in [-0.2, 0) is 0 Å². The molecule has 0 spiro atoms. The molecule has 150 valence electrons. The van der Waals surface area contributed by atoms with Gasteiger partial charge >= 0.3 is 0 Å². The average Bonchev–Trinajstić information content (AvgIpc) is 2.74. The van der Waals surface area contributed by atoms with Crippen molar-refractivity contribution in [1.29, 1.82) is 0 Å². The predicted molar refractivity (Wildman–Crippen MR) is 114 cm³/mol. The van der Waals surface area contributed by atoms with Gasteiger partial charge < -0.3 is 14.6 Å². The minimum atomic E-state index is -0.343. The number of benzene rings is 2. The van der Waals surface area contributed by atoms with Crippen LogP contribution in [0.2, 0.25) is 5.02 Å². The lowest BCUT2D eigenvalue weighted by Gasteiger charge is -2.34. The summed E-state index contributed by atoms with van der Waals surface area (Å²) in [6.07, 6.45) is 0. The van der Waals surface area contributed by atoms with Crippen LogP contribution >= 0.6 is 11.6 Å². The molecular formula is C22H22ClN3O3. The van der Waals surface area contributed by atoms with Gasteiger partial charge in [-0.05, 0) is 29.7 Å². The van der Waals surface area contributed by atoms with E-state index in [4.69, 9.17) is 16.3 Å². The van der Waals surface area contributed by atoms with Crippen molar-refractivity contribution in [3.05, 3.63) is 75.5 Å². The summed E-state index contributed by atoms with van der Waals surface area (Å²) in [4.78, 5) is 32.0. The van der Waals surface area contributed by atoms with E-state index < -0.39 is 0 Å². The Balaban J connectivity index is 1.32. The van der Waals surface area contributed by atoms with Crippen LogP contribution in [0.3, 0.4) is 0 Å². The van der Waals surface area contributed by atoms with Crippen LogP contribution in [0.25, 0.3) is 10.9 Å². The van der Waals surface area contributed by atoms with Gasteiger partial charge in [0.05, 0.1) is 5.02 Å². The SMILES string of the molecule is O=C(c1cc2ccccc2[nH]c1=O)N1CCN(CCOc2ccccc2Cl)CC1. The monoisotopic (exact) mass is 411 g/mol. The molecule has 2 aromatic carbocycles. The molecule has 0 atom stereocenters. The zero-order valence-corrected chi connectivity index (χ0v) is 16.7. The zero-order valence-electron chi connectivity index (χ0n) is 15.9. The van der Waals surface area contributed by atoms with E-state index in [1.165, 1.54) is 0 Å². The van der Waals surface area contributed by atoms with Gasteiger partial charge in [0.25, 0.3) is 11.5 Å². The summed E-state index contributed by atoms with van der Waals surface area (Å²) in [5.74, 6) is 0.461. The second-order valence-corrected chi connectivity index (χ2v) is 7.42. The Bertz CT molecular complexity index is 1070. The average molecular weight is 412 g/mol. The quantitative estimate of drug-likeness (QED) is 0.700. The van der Waals surface area contributed by atoms with Gasteiger partial charge in [-0.25, -0.2) is 0 Å². The Labute approximate surface area is 173 Å². The first-order valence-corrected chi connectivity index (χ1v) is 10.0. The highest BCUT2D eigenvalue weighted by Gasteiger charge is 2.24. The van der Waals surface area contributed by atoms with Gasteiger partial charge in [-0.15, -0.1) is 0 Å². The number of carbonyl (C=O) groups is 1. The minimum Gasteiger partial charge on any atom is -0.491 e. The topological polar surface area (TPSA) is 65.6 Å². The number of hydrogen-bond donors (Lipinski definition) is 1. The van der Waals surface area contributed by atoms with Gasteiger partial charge in [0, 0.05) is 38.2 Å². The molecular weight excluding hydrogens is 390 g/mol. The molecule has 29 heavy (non-hydrogen) atoms. The van der Waals surface area contributed by atoms with Crippen LogP contribution in [0, 0.1) is 0 Å². The summed E-state index contributed by atoms with van der Waals surface area (Å²) in [5, 5.41) is 1.45. The third-order valence-electron chi connectivity index (χ3n) is 5.15. The first-order chi connectivity index (χ1) is 14.1. The summed E-state index contributed by atoms with van der Waals surface area (Å²) >= 11 is 6.10. The van der Waals surface area contributed by atoms with Crippen LogP contribution < -0.4 is 10.3 Å². The molecule has 7 heteroatoms. The number of para-hydroxylation sites is 2. The van der Waals surface area contributed by atoms with Crippen molar-refractivity contribution in [2.75, 3.05) is 39.3 Å². The normalized spacial score (nSPS) is 14.9. The molecule has 1 aromatic heterocycles. The number of amides is 1. The Morgan fingerprint density at radius 3 is 2.55 bits per heavy atom. The lowest BCUT2D eigenvalue weighted by molar-refractivity contribution is 0.0619. The molecule has 0 bridgehead atoms. The fraction of sp³-hybridized carbons (Fsp3) is 0.273. The standard InChI is InChI=1S/C22H22ClN3O3/c23-18-6-2-4-8-20(18)29-14-13-25-9-11-26(12-10-25)22(28)17-15-16-5-1-3-7-19(16)24-21(17)27/h1-8,15H,9-14H2,(H,24,27). The number of piperazine rings is 1. The Hall–Kier alpha value is -2.83. The van der Waals surface area contributed by atoms with Crippen molar-refractivity contribution >= 4 is 28.4 Å². The van der Waals surface area contributed by atoms with Crippen molar-refractivity contribution in [3.8, 4) is 5.75 Å². The first-order valence-electron chi connectivity index (χ1n) is 9.63. The lowest BCUT2D eigenvalue weighted by atomic mass is 10.1. The van der Waals surface area contributed by atoms with Crippen molar-refractivity contribution < 1.29 is 9.53 Å². The molecule has 1 aliphatic heterocycles. The molecule has 6 nitrogen and oxygen atoms in total. The number of rotatable bonds is 5. The van der Waals surface area contributed by atoms with Crippen molar-refractivity contribution in [2.24, 2.45) is 0 Å². The minimum absolute atomic E-state index is 0.194. The van der Waals surface area contributed by atoms with E-state index in [1.807, 2.05) is 42.5 Å². The van der Waals surface area contributed by atoms with Crippen LogP contribution in [0.15, 0.2) is 59.4 Å². The fourth-order valence-electron chi connectivity index (χ4n) is 3.50. The molecule has 1 aliphatic rings. The van der Waals surface area contributed by atoms with Gasteiger partial charge in [0.15, 0.2) is 0 Å². The maximum atomic E-state index is 12.9. The number of nitrogens with zero attached hydrogens (tertiary/aromatic N) is 2. The number of aromatic amines is 1. The molecule has 1 amide bonds. The van der Waals surface area contributed by atoms with E-state index in [9.17, 15) is 9.59 Å². The number of H-pyrrole nitrogens is 1. The highest BCUT2D eigenvalue weighted by atomic mass is 35.5. The van der Waals surface area contributed by atoms with Crippen molar-refractivity contribution in [2.45, 2.75) is 0 Å². The van der Waals surface area contributed by atoms with E-state index in [0.29, 0.717) is 30.5 Å². The number of halogens is 1. The van der Waals surface area contributed by atoms with Gasteiger partial charge in [-0.1, -0.05) is 41.9 Å². The molecule has 1 fully saturated rings. The fourth-order valence-corrected chi connectivity index (χ4v) is 3.69. The van der Waals surface area contributed by atoms with E-state index >= 15 is 0 Å². The summed E-state index contributed by atoms with van der Waals surface area (Å²) < 4.78 is 5.74. The molecule has 1 N–H and O–H groups in total. The number of nitrogens with one attached hydrogen (secondary N) is 1. The maximum absolute atomic E-state index is 12.9. The van der Waals surface area contributed by atoms with Gasteiger partial charge in [0.1, 0.15) is 17.9 Å². The van der Waals surface area contributed by atoms with Gasteiger partial charge in [0.2, 0.25) is 0 Å². The maximum Gasteiger partial charge on any atom is 0.261 e. The molecule has 0 unspecified atom stereocenters. The summed E-state index contributed by atoms with van der Waals surface area (Å²) in [6.45, 7) is 3.92. The number of hydrogen-bond acceptors (Lipinski definition) is 4. The summed E-state index contributed by atoms with van der Waals surface area (Å²) in [7, 11) is 0. The number of ether oxygens (including phenoxy) is 1. The second kappa shape index (κ2) is 8.68. The van der Waals surface area contributed by atoms with Crippen molar-refractivity contribution in [1.82, 2.24) is 14.8 Å². The number of pyridine rings is 1. The smallest absolute Gasteiger partial charge is 0.261 e. The number of aromatic nitrogens is 1. The number of carbonyl (C=O) groups excluding carboxylic acids is 1. The van der Waals surface area contributed by atoms with Crippen molar-refractivity contribution in [3.63, 3.8) is 0 Å². The van der Waals surface area contributed by atoms with Gasteiger partial charge in [-0.2, -0.15) is 0 Å². The van der Waals surface area contributed by atoms with E-state index in [-0.39, 0.29) is 17.0 Å². The Kier molecular flexibility index (Phi) is 5.83. The highest BCUT2D eigenvalue weighted by molar-refractivity contribution is 6.32. The van der Waals surface area contributed by atoms with E-state index in [0.717, 1.165) is 30.5 Å². The summed E-state index contributed by atoms with van der Waals surface area (Å²) in [5.41, 5.74) is 0.584. The lowest BCUT2D eigenvalue weighted by Crippen LogP contribution is -2.50. The van der Waals surface area contributed by atoms with Crippen LogP contribution in [-0.4, -0.2) is 60.0 Å². The Morgan fingerprint density at radius 1 is 1.03 bits per heavy atom. The van der Waals surface area contributed by atoms with Crippen LogP contribution in [0.4, 0.5) is 0 Å². The zero-order chi connectivity index (χ0) is 20.2.